The van der Waals surface area contributed by atoms with Gasteiger partial charge in [-0.15, -0.1) is 5.10 Å². The standard InChI is InChI=1S/C17H16N4O2/c1-12(13-7-3-2-4-8-13)18-16(22)11-21-17(23)14-9-5-6-10-15(14)19-20-21/h2-10,12H,11H2,1H3,(H,18,22). The van der Waals surface area contributed by atoms with Crippen LogP contribution in [0.5, 0.6) is 0 Å². The van der Waals surface area contributed by atoms with Crippen molar-refractivity contribution in [3.63, 3.8) is 0 Å². The molecule has 0 aliphatic heterocycles. The van der Waals surface area contributed by atoms with Gasteiger partial charge in [0.25, 0.3) is 5.56 Å². The summed E-state index contributed by atoms with van der Waals surface area (Å²) in [6, 6.07) is 16.4. The average Bonchev–Trinajstić information content (AvgIpc) is 2.58. The van der Waals surface area contributed by atoms with Gasteiger partial charge in [-0.2, -0.15) is 0 Å². The van der Waals surface area contributed by atoms with Gasteiger partial charge in [-0.25, -0.2) is 4.68 Å². The lowest BCUT2D eigenvalue weighted by Crippen LogP contribution is -2.35. The maximum atomic E-state index is 12.3. The molecule has 6 nitrogen and oxygen atoms in total. The zero-order chi connectivity index (χ0) is 16.2. The first-order valence-electron chi connectivity index (χ1n) is 7.32. The quantitative estimate of drug-likeness (QED) is 0.795. The second-order valence-corrected chi connectivity index (χ2v) is 5.27. The molecule has 23 heavy (non-hydrogen) atoms. The van der Waals surface area contributed by atoms with Gasteiger partial charge in [-0.1, -0.05) is 47.7 Å². The molecule has 1 unspecified atom stereocenters. The molecule has 0 fully saturated rings. The summed E-state index contributed by atoms with van der Waals surface area (Å²) in [6.45, 7) is 1.73. The molecule has 1 amide bonds. The third-order valence-corrected chi connectivity index (χ3v) is 3.60. The molecule has 3 rings (SSSR count). The van der Waals surface area contributed by atoms with Crippen molar-refractivity contribution >= 4 is 16.8 Å². The number of hydrogen-bond acceptors (Lipinski definition) is 4. The highest BCUT2D eigenvalue weighted by Crippen LogP contribution is 2.10. The van der Waals surface area contributed by atoms with Crippen LogP contribution in [0.15, 0.2) is 59.4 Å². The Morgan fingerprint density at radius 3 is 2.61 bits per heavy atom. The highest BCUT2D eigenvalue weighted by Gasteiger charge is 2.12. The number of fused-ring (bicyclic) bond motifs is 1. The fourth-order valence-electron chi connectivity index (χ4n) is 2.38. The van der Waals surface area contributed by atoms with Crippen LogP contribution in [0.25, 0.3) is 10.9 Å². The molecule has 0 bridgehead atoms. The summed E-state index contributed by atoms with van der Waals surface area (Å²) in [4.78, 5) is 24.4. The van der Waals surface area contributed by atoms with Crippen molar-refractivity contribution in [1.82, 2.24) is 20.3 Å². The minimum absolute atomic E-state index is 0.146. The Balaban J connectivity index is 1.76. The monoisotopic (exact) mass is 308 g/mol. The number of carbonyl (C=O) groups is 1. The van der Waals surface area contributed by atoms with Crippen LogP contribution in [0, 0.1) is 0 Å². The zero-order valence-electron chi connectivity index (χ0n) is 12.6. The second-order valence-electron chi connectivity index (χ2n) is 5.27. The van der Waals surface area contributed by atoms with E-state index in [1.165, 1.54) is 0 Å². The summed E-state index contributed by atoms with van der Waals surface area (Å²) >= 11 is 0. The van der Waals surface area contributed by atoms with Crippen LogP contribution >= 0.6 is 0 Å². The number of nitrogens with zero attached hydrogens (tertiary/aromatic N) is 3. The minimum atomic E-state index is -0.321. The van der Waals surface area contributed by atoms with E-state index in [-0.39, 0.29) is 24.1 Å². The normalized spacial score (nSPS) is 12.0. The van der Waals surface area contributed by atoms with E-state index in [9.17, 15) is 9.59 Å². The van der Waals surface area contributed by atoms with E-state index in [0.29, 0.717) is 10.9 Å². The number of benzene rings is 2. The Bertz CT molecular complexity index is 890. The van der Waals surface area contributed by atoms with Crippen LogP contribution in [0.4, 0.5) is 0 Å². The van der Waals surface area contributed by atoms with E-state index in [2.05, 4.69) is 15.6 Å². The van der Waals surface area contributed by atoms with Crippen LogP contribution in [-0.2, 0) is 11.3 Å². The fourth-order valence-corrected chi connectivity index (χ4v) is 2.38. The largest absolute Gasteiger partial charge is 0.348 e. The molecule has 0 spiro atoms. The lowest BCUT2D eigenvalue weighted by atomic mass is 10.1. The predicted octanol–water partition coefficient (Wildman–Crippen LogP) is 1.67. The molecule has 2 aromatic carbocycles. The summed E-state index contributed by atoms with van der Waals surface area (Å²) in [5, 5.41) is 11.1. The van der Waals surface area contributed by atoms with Gasteiger partial charge in [0, 0.05) is 0 Å². The van der Waals surface area contributed by atoms with Crippen molar-refractivity contribution in [2.45, 2.75) is 19.5 Å². The lowest BCUT2D eigenvalue weighted by Gasteiger charge is -2.14. The van der Waals surface area contributed by atoms with Gasteiger partial charge in [-0.3, -0.25) is 9.59 Å². The average molecular weight is 308 g/mol. The number of nitrogens with one attached hydrogen (secondary N) is 1. The van der Waals surface area contributed by atoms with Gasteiger partial charge >= 0.3 is 0 Å². The van der Waals surface area contributed by atoms with E-state index in [4.69, 9.17) is 0 Å². The highest BCUT2D eigenvalue weighted by atomic mass is 16.2. The molecule has 1 atom stereocenters. The van der Waals surface area contributed by atoms with Crippen molar-refractivity contribution in [2.75, 3.05) is 0 Å². The predicted molar refractivity (Wildman–Crippen MR) is 86.8 cm³/mol. The third kappa shape index (κ3) is 3.26. The Hall–Kier alpha value is -3.02. The molecular formula is C17H16N4O2. The topological polar surface area (TPSA) is 76.9 Å². The summed E-state index contributed by atoms with van der Waals surface area (Å²) in [6.07, 6.45) is 0. The molecule has 0 aliphatic rings. The summed E-state index contributed by atoms with van der Waals surface area (Å²) < 4.78 is 1.08. The number of hydrogen-bond donors (Lipinski definition) is 1. The van der Waals surface area contributed by atoms with E-state index in [1.807, 2.05) is 37.3 Å². The lowest BCUT2D eigenvalue weighted by molar-refractivity contribution is -0.122. The van der Waals surface area contributed by atoms with Crippen LogP contribution in [0.3, 0.4) is 0 Å². The maximum absolute atomic E-state index is 12.3. The second kappa shape index (κ2) is 6.39. The van der Waals surface area contributed by atoms with Crippen LogP contribution < -0.4 is 10.9 Å². The van der Waals surface area contributed by atoms with E-state index in [0.717, 1.165) is 10.2 Å². The summed E-state index contributed by atoms with van der Waals surface area (Å²) in [7, 11) is 0. The van der Waals surface area contributed by atoms with Crippen molar-refractivity contribution in [2.24, 2.45) is 0 Å². The molecule has 1 aromatic heterocycles. The molecule has 0 saturated heterocycles. The van der Waals surface area contributed by atoms with Crippen molar-refractivity contribution in [3.8, 4) is 0 Å². The highest BCUT2D eigenvalue weighted by molar-refractivity contribution is 5.78. The molecule has 1 heterocycles. The number of carbonyl (C=O) groups excluding carboxylic acids is 1. The van der Waals surface area contributed by atoms with E-state index >= 15 is 0 Å². The van der Waals surface area contributed by atoms with E-state index in [1.54, 1.807) is 24.3 Å². The van der Waals surface area contributed by atoms with Gasteiger partial charge in [0.05, 0.1) is 11.4 Å². The first-order chi connectivity index (χ1) is 11.1. The molecular weight excluding hydrogens is 292 g/mol. The van der Waals surface area contributed by atoms with Crippen molar-refractivity contribution < 1.29 is 4.79 Å². The van der Waals surface area contributed by atoms with Gasteiger partial charge in [-0.05, 0) is 24.6 Å². The van der Waals surface area contributed by atoms with Gasteiger partial charge < -0.3 is 5.32 Å². The van der Waals surface area contributed by atoms with Crippen LogP contribution in [0.1, 0.15) is 18.5 Å². The zero-order valence-corrected chi connectivity index (χ0v) is 12.6. The van der Waals surface area contributed by atoms with Gasteiger partial charge in [0.15, 0.2) is 0 Å². The molecule has 6 heteroatoms. The number of amides is 1. The van der Waals surface area contributed by atoms with Gasteiger partial charge in [0.2, 0.25) is 5.91 Å². The first-order valence-corrected chi connectivity index (χ1v) is 7.32. The number of aromatic nitrogens is 3. The van der Waals surface area contributed by atoms with Crippen LogP contribution in [-0.4, -0.2) is 20.9 Å². The summed E-state index contributed by atoms with van der Waals surface area (Å²) in [5.74, 6) is -0.284. The SMILES string of the molecule is CC(NC(=O)Cn1nnc2ccccc2c1=O)c1ccccc1. The van der Waals surface area contributed by atoms with Crippen molar-refractivity contribution in [3.05, 3.63) is 70.5 Å². The smallest absolute Gasteiger partial charge is 0.278 e. The Morgan fingerprint density at radius 1 is 1.13 bits per heavy atom. The molecule has 3 aromatic rings. The van der Waals surface area contributed by atoms with Crippen LogP contribution in [0.2, 0.25) is 0 Å². The molecule has 0 radical (unpaired) electrons. The summed E-state index contributed by atoms with van der Waals surface area (Å²) in [5.41, 5.74) is 1.20. The molecule has 116 valence electrons. The molecule has 0 aliphatic carbocycles. The minimum Gasteiger partial charge on any atom is -0.348 e. The Morgan fingerprint density at radius 2 is 1.83 bits per heavy atom. The van der Waals surface area contributed by atoms with Crippen molar-refractivity contribution in [1.29, 1.82) is 0 Å². The van der Waals surface area contributed by atoms with E-state index < -0.39 is 0 Å². The first kappa shape index (κ1) is 14.9. The molecule has 0 saturated carbocycles. The fraction of sp³-hybridized carbons (Fsp3) is 0.176. The maximum Gasteiger partial charge on any atom is 0.278 e. The Labute approximate surface area is 132 Å². The Kier molecular flexibility index (Phi) is 4.14. The number of rotatable bonds is 4. The third-order valence-electron chi connectivity index (χ3n) is 3.60. The molecule has 1 N–H and O–H groups in total. The van der Waals surface area contributed by atoms with Gasteiger partial charge in [0.1, 0.15) is 12.1 Å².